The van der Waals surface area contributed by atoms with E-state index in [-0.39, 0.29) is 6.10 Å². The van der Waals surface area contributed by atoms with E-state index in [4.69, 9.17) is 22.1 Å². The molecule has 0 aliphatic rings. The van der Waals surface area contributed by atoms with Gasteiger partial charge in [-0.3, -0.25) is 0 Å². The molecule has 6 heteroatoms. The first kappa shape index (κ1) is 14.9. The molecule has 4 nitrogen and oxygen atoms in total. The van der Waals surface area contributed by atoms with E-state index < -0.39 is 0 Å². The number of benzene rings is 1. The van der Waals surface area contributed by atoms with Crippen LogP contribution in [-0.2, 0) is 0 Å². The van der Waals surface area contributed by atoms with E-state index in [0.29, 0.717) is 21.9 Å². The summed E-state index contributed by atoms with van der Waals surface area (Å²) in [6.07, 6.45) is 0.985. The topological polar surface area (TPSA) is 61.0 Å². The van der Waals surface area contributed by atoms with Crippen molar-refractivity contribution in [1.82, 2.24) is 9.97 Å². The van der Waals surface area contributed by atoms with Crippen LogP contribution in [0, 0.1) is 0 Å². The molecule has 2 N–H and O–H groups in total. The van der Waals surface area contributed by atoms with Crippen LogP contribution >= 0.6 is 23.4 Å². The second-order valence-corrected chi connectivity index (χ2v) is 5.70. The zero-order valence-electron chi connectivity index (χ0n) is 11.3. The normalized spacial score (nSPS) is 12.2. The highest BCUT2D eigenvalue weighted by Crippen LogP contribution is 2.32. The van der Waals surface area contributed by atoms with Crippen molar-refractivity contribution in [2.45, 2.75) is 36.4 Å². The van der Waals surface area contributed by atoms with Crippen molar-refractivity contribution in [2.75, 3.05) is 5.73 Å². The minimum atomic E-state index is 0.0856. The van der Waals surface area contributed by atoms with Crippen LogP contribution in [0.2, 0.25) is 5.02 Å². The van der Waals surface area contributed by atoms with Crippen molar-refractivity contribution in [3.8, 4) is 5.88 Å². The van der Waals surface area contributed by atoms with Crippen molar-refractivity contribution >= 4 is 29.2 Å². The first-order chi connectivity index (χ1) is 9.58. The summed E-state index contributed by atoms with van der Waals surface area (Å²) in [5.74, 6) is 0.870. The standard InChI is InChI=1S/C14H16ClN3OS/c1-3-9(2)19-13-8-12(16)17-14(18-13)20-11-7-5-4-6-10(11)15/h4-9H,3H2,1-2H3,(H2,16,17,18). The molecule has 0 radical (unpaired) electrons. The number of hydrogen-bond donors (Lipinski definition) is 1. The Balaban J connectivity index is 2.22. The van der Waals surface area contributed by atoms with Gasteiger partial charge in [0, 0.05) is 11.0 Å². The second kappa shape index (κ2) is 6.81. The fourth-order valence-electron chi connectivity index (χ4n) is 1.44. The molecule has 0 fully saturated rings. The van der Waals surface area contributed by atoms with Crippen LogP contribution in [0.15, 0.2) is 40.4 Å². The van der Waals surface area contributed by atoms with Crippen molar-refractivity contribution in [2.24, 2.45) is 0 Å². The summed E-state index contributed by atoms with van der Waals surface area (Å²) in [5, 5.41) is 1.18. The quantitative estimate of drug-likeness (QED) is 0.845. The number of nitrogens with two attached hydrogens (primary N) is 1. The van der Waals surface area contributed by atoms with E-state index >= 15 is 0 Å². The maximum atomic E-state index is 6.12. The summed E-state index contributed by atoms with van der Waals surface area (Å²) in [4.78, 5) is 9.43. The minimum absolute atomic E-state index is 0.0856. The summed E-state index contributed by atoms with van der Waals surface area (Å²) in [7, 11) is 0. The monoisotopic (exact) mass is 309 g/mol. The Morgan fingerprint density at radius 1 is 1.35 bits per heavy atom. The van der Waals surface area contributed by atoms with E-state index in [1.165, 1.54) is 11.8 Å². The number of ether oxygens (including phenoxy) is 1. The summed E-state index contributed by atoms with van der Waals surface area (Å²) >= 11 is 7.48. The lowest BCUT2D eigenvalue weighted by Gasteiger charge is -2.12. The fourth-order valence-corrected chi connectivity index (χ4v) is 2.49. The van der Waals surface area contributed by atoms with Crippen LogP contribution in [0.3, 0.4) is 0 Å². The van der Waals surface area contributed by atoms with Gasteiger partial charge in [-0.05, 0) is 37.2 Å². The molecule has 1 aromatic heterocycles. The van der Waals surface area contributed by atoms with Gasteiger partial charge in [0.15, 0.2) is 5.16 Å². The third kappa shape index (κ3) is 4.02. The number of anilines is 1. The predicted octanol–water partition coefficient (Wildman–Crippen LogP) is 4.04. The molecule has 1 atom stereocenters. The molecule has 0 saturated carbocycles. The molecule has 1 heterocycles. The van der Waals surface area contributed by atoms with Crippen LogP contribution in [0.4, 0.5) is 5.82 Å². The first-order valence-electron chi connectivity index (χ1n) is 6.32. The molecule has 0 aliphatic carbocycles. The maximum absolute atomic E-state index is 6.12. The SMILES string of the molecule is CCC(C)Oc1cc(N)nc(Sc2ccccc2Cl)n1. The van der Waals surface area contributed by atoms with Gasteiger partial charge < -0.3 is 10.5 Å². The Bertz CT molecular complexity index is 594. The van der Waals surface area contributed by atoms with Crippen LogP contribution in [0.5, 0.6) is 5.88 Å². The Morgan fingerprint density at radius 2 is 2.10 bits per heavy atom. The largest absolute Gasteiger partial charge is 0.475 e. The van der Waals surface area contributed by atoms with Crippen LogP contribution < -0.4 is 10.5 Å². The van der Waals surface area contributed by atoms with Crippen LogP contribution in [0.25, 0.3) is 0 Å². The minimum Gasteiger partial charge on any atom is -0.475 e. The van der Waals surface area contributed by atoms with E-state index in [2.05, 4.69) is 16.9 Å². The van der Waals surface area contributed by atoms with Crippen molar-refractivity contribution in [3.63, 3.8) is 0 Å². The van der Waals surface area contributed by atoms with Gasteiger partial charge in [0.1, 0.15) is 5.82 Å². The Kier molecular flexibility index (Phi) is 5.09. The predicted molar refractivity (Wildman–Crippen MR) is 82.4 cm³/mol. The van der Waals surface area contributed by atoms with E-state index in [1.54, 1.807) is 6.07 Å². The lowest BCUT2D eigenvalue weighted by Crippen LogP contribution is -2.11. The number of hydrogen-bond acceptors (Lipinski definition) is 5. The Hall–Kier alpha value is -1.46. The number of nitrogen functional groups attached to an aromatic ring is 1. The highest BCUT2D eigenvalue weighted by Gasteiger charge is 2.09. The van der Waals surface area contributed by atoms with Gasteiger partial charge in [-0.25, -0.2) is 4.98 Å². The highest BCUT2D eigenvalue weighted by molar-refractivity contribution is 7.99. The third-order valence-electron chi connectivity index (χ3n) is 2.64. The zero-order valence-corrected chi connectivity index (χ0v) is 12.9. The molecular formula is C14H16ClN3OS. The molecule has 0 bridgehead atoms. The van der Waals surface area contributed by atoms with Crippen molar-refractivity contribution in [1.29, 1.82) is 0 Å². The average Bonchev–Trinajstić information content (AvgIpc) is 2.40. The summed E-state index contributed by atoms with van der Waals surface area (Å²) < 4.78 is 5.68. The van der Waals surface area contributed by atoms with Gasteiger partial charge >= 0.3 is 0 Å². The molecular weight excluding hydrogens is 294 g/mol. The number of nitrogens with zero attached hydrogens (tertiary/aromatic N) is 2. The number of halogens is 1. The van der Waals surface area contributed by atoms with Gasteiger partial charge in [0.25, 0.3) is 0 Å². The van der Waals surface area contributed by atoms with E-state index in [1.807, 2.05) is 31.2 Å². The van der Waals surface area contributed by atoms with Gasteiger partial charge in [-0.2, -0.15) is 4.98 Å². The molecule has 0 amide bonds. The molecule has 0 aliphatic heterocycles. The molecule has 1 unspecified atom stereocenters. The molecule has 0 saturated heterocycles. The number of rotatable bonds is 5. The summed E-state index contributed by atoms with van der Waals surface area (Å²) in [6, 6.07) is 9.16. The molecule has 20 heavy (non-hydrogen) atoms. The fraction of sp³-hybridized carbons (Fsp3) is 0.286. The summed E-state index contributed by atoms with van der Waals surface area (Å²) in [6.45, 7) is 4.04. The van der Waals surface area contributed by atoms with Gasteiger partial charge in [-0.1, -0.05) is 30.7 Å². The van der Waals surface area contributed by atoms with Crippen molar-refractivity contribution < 1.29 is 4.74 Å². The molecule has 0 spiro atoms. The second-order valence-electron chi connectivity index (χ2n) is 4.28. The lowest BCUT2D eigenvalue weighted by molar-refractivity contribution is 0.207. The van der Waals surface area contributed by atoms with Gasteiger partial charge in [0.05, 0.1) is 11.1 Å². The zero-order chi connectivity index (χ0) is 14.5. The van der Waals surface area contributed by atoms with Crippen molar-refractivity contribution in [3.05, 3.63) is 35.4 Å². The van der Waals surface area contributed by atoms with Crippen LogP contribution in [0.1, 0.15) is 20.3 Å². The Morgan fingerprint density at radius 3 is 2.80 bits per heavy atom. The lowest BCUT2D eigenvalue weighted by atomic mass is 10.3. The van der Waals surface area contributed by atoms with Gasteiger partial charge in [0.2, 0.25) is 5.88 Å². The maximum Gasteiger partial charge on any atom is 0.219 e. The molecule has 1 aromatic carbocycles. The molecule has 2 aromatic rings. The van der Waals surface area contributed by atoms with E-state index in [0.717, 1.165) is 11.3 Å². The molecule has 106 valence electrons. The first-order valence-corrected chi connectivity index (χ1v) is 7.51. The number of aromatic nitrogens is 2. The Labute approximate surface area is 127 Å². The molecule has 2 rings (SSSR count). The van der Waals surface area contributed by atoms with Gasteiger partial charge in [-0.15, -0.1) is 0 Å². The smallest absolute Gasteiger partial charge is 0.219 e. The summed E-state index contributed by atoms with van der Waals surface area (Å²) in [5.41, 5.74) is 5.79. The third-order valence-corrected chi connectivity index (χ3v) is 4.02. The highest BCUT2D eigenvalue weighted by atomic mass is 35.5. The average molecular weight is 310 g/mol. The van der Waals surface area contributed by atoms with E-state index in [9.17, 15) is 0 Å². The van der Waals surface area contributed by atoms with Crippen LogP contribution in [-0.4, -0.2) is 16.1 Å².